The van der Waals surface area contributed by atoms with E-state index in [-0.39, 0.29) is 11.7 Å². The summed E-state index contributed by atoms with van der Waals surface area (Å²) in [5, 5.41) is 7.83. The highest BCUT2D eigenvalue weighted by Gasteiger charge is 2.29. The summed E-state index contributed by atoms with van der Waals surface area (Å²) < 4.78 is 23.1. The number of rotatable bonds is 8. The third-order valence-corrected chi connectivity index (χ3v) is 7.72. The molecule has 0 fully saturated rings. The number of aryl methyl sites for hydroxylation is 2. The summed E-state index contributed by atoms with van der Waals surface area (Å²) in [5.74, 6) is 1.08. The van der Waals surface area contributed by atoms with E-state index in [0.717, 1.165) is 69.3 Å². The number of nitrogens with one attached hydrogen (secondary N) is 1. The van der Waals surface area contributed by atoms with Gasteiger partial charge in [-0.1, -0.05) is 52.0 Å². The molecule has 0 unspecified atom stereocenters. The first-order valence-electron chi connectivity index (χ1n) is 14.6. The van der Waals surface area contributed by atoms with Crippen molar-refractivity contribution in [1.82, 2.24) is 9.78 Å². The zero-order valence-electron chi connectivity index (χ0n) is 25.3. The van der Waals surface area contributed by atoms with Crippen LogP contribution in [0.25, 0.3) is 16.9 Å². The molecule has 1 aromatic heterocycles. The number of ether oxygens (including phenoxy) is 1. The van der Waals surface area contributed by atoms with Crippen molar-refractivity contribution in [2.45, 2.75) is 60.4 Å². The SMILES string of the molecule is Cc1cc(F)c(C(C)C)cc1N1CCc2nn(-c3c(C)cccc3OCC(C)C)c(-c3ccc(NC(N)=O)cc3)c2C1. The lowest BCUT2D eigenvalue weighted by molar-refractivity contribution is 0.259. The van der Waals surface area contributed by atoms with Crippen molar-refractivity contribution in [3.8, 4) is 22.7 Å². The maximum atomic E-state index is 14.8. The maximum absolute atomic E-state index is 14.8. The topological polar surface area (TPSA) is 85.4 Å². The number of nitrogens with zero attached hydrogens (tertiary/aromatic N) is 3. The van der Waals surface area contributed by atoms with Crippen LogP contribution in [0.3, 0.4) is 0 Å². The fourth-order valence-electron chi connectivity index (χ4n) is 5.63. The molecule has 42 heavy (non-hydrogen) atoms. The van der Waals surface area contributed by atoms with Crippen molar-refractivity contribution in [2.75, 3.05) is 23.4 Å². The smallest absolute Gasteiger partial charge is 0.316 e. The molecule has 2 heterocycles. The Hall–Kier alpha value is -4.33. The molecular weight excluding hydrogens is 529 g/mol. The number of anilines is 2. The number of carbonyl (C=O) groups excluding carboxylic acids is 1. The number of halogens is 1. The first-order valence-corrected chi connectivity index (χ1v) is 14.6. The first-order chi connectivity index (χ1) is 20.0. The van der Waals surface area contributed by atoms with Crippen LogP contribution in [-0.2, 0) is 13.0 Å². The third-order valence-electron chi connectivity index (χ3n) is 7.72. The lowest BCUT2D eigenvalue weighted by Crippen LogP contribution is -2.31. The first kappa shape index (κ1) is 29.2. The van der Waals surface area contributed by atoms with Gasteiger partial charge in [0.2, 0.25) is 0 Å². The second-order valence-corrected chi connectivity index (χ2v) is 11.9. The monoisotopic (exact) mass is 569 g/mol. The molecule has 0 bridgehead atoms. The molecule has 8 heteroatoms. The van der Waals surface area contributed by atoms with Crippen molar-refractivity contribution < 1.29 is 13.9 Å². The van der Waals surface area contributed by atoms with Crippen LogP contribution in [0.1, 0.15) is 61.6 Å². The van der Waals surface area contributed by atoms with E-state index in [0.29, 0.717) is 24.8 Å². The van der Waals surface area contributed by atoms with Gasteiger partial charge in [-0.05, 0) is 72.7 Å². The summed E-state index contributed by atoms with van der Waals surface area (Å²) >= 11 is 0. The van der Waals surface area contributed by atoms with Gasteiger partial charge >= 0.3 is 6.03 Å². The van der Waals surface area contributed by atoms with E-state index >= 15 is 0 Å². The van der Waals surface area contributed by atoms with E-state index in [1.54, 1.807) is 6.07 Å². The molecule has 1 aliphatic rings. The Kier molecular flexibility index (Phi) is 8.25. The summed E-state index contributed by atoms with van der Waals surface area (Å²) in [7, 11) is 0. The van der Waals surface area contributed by atoms with Crippen LogP contribution in [0.15, 0.2) is 54.6 Å². The fourth-order valence-corrected chi connectivity index (χ4v) is 5.63. The number of hydrogen-bond donors (Lipinski definition) is 2. The van der Waals surface area contributed by atoms with Crippen molar-refractivity contribution >= 4 is 17.4 Å². The Bertz CT molecular complexity index is 1610. The van der Waals surface area contributed by atoms with Crippen LogP contribution in [0.5, 0.6) is 5.75 Å². The van der Waals surface area contributed by atoms with Crippen molar-refractivity contribution in [3.63, 3.8) is 0 Å². The highest BCUT2D eigenvalue weighted by molar-refractivity contribution is 5.88. The molecule has 1 aliphatic heterocycles. The molecule has 4 aromatic rings. The van der Waals surface area contributed by atoms with E-state index in [1.807, 2.05) is 67.9 Å². The van der Waals surface area contributed by atoms with Gasteiger partial charge in [0.25, 0.3) is 0 Å². The molecule has 3 N–H and O–H groups in total. The van der Waals surface area contributed by atoms with Crippen molar-refractivity contribution in [1.29, 1.82) is 0 Å². The Balaban J connectivity index is 1.66. The molecule has 0 saturated heterocycles. The summed E-state index contributed by atoms with van der Waals surface area (Å²) in [6.45, 7) is 14.3. The van der Waals surface area contributed by atoms with Crippen molar-refractivity contribution in [2.24, 2.45) is 11.7 Å². The Labute approximate surface area is 247 Å². The van der Waals surface area contributed by atoms with E-state index in [4.69, 9.17) is 15.6 Å². The standard InChI is InChI=1S/C34H40FN5O2/c1-20(2)19-42-31-9-7-8-22(5)32(31)40-33(24-10-12-25(13-11-24)37-34(36)41)27-18-39(15-14-29(27)38-40)30-17-26(21(3)4)28(35)16-23(30)6/h7-13,16-17,20-21H,14-15,18-19H2,1-6H3,(H3,36,37,41). The minimum absolute atomic E-state index is 0.0841. The number of hydrogen-bond acceptors (Lipinski definition) is 4. The third kappa shape index (κ3) is 5.84. The van der Waals surface area contributed by atoms with Gasteiger partial charge in [-0.25, -0.2) is 13.9 Å². The second kappa shape index (κ2) is 11.9. The molecule has 3 aromatic carbocycles. The molecule has 220 valence electrons. The zero-order chi connectivity index (χ0) is 30.1. The number of aromatic nitrogens is 2. The average molecular weight is 570 g/mol. The largest absolute Gasteiger partial charge is 0.491 e. The van der Waals surface area contributed by atoms with Gasteiger partial charge in [0.05, 0.1) is 18.0 Å². The normalized spacial score (nSPS) is 13.0. The van der Waals surface area contributed by atoms with E-state index in [2.05, 4.69) is 37.1 Å². The Morgan fingerprint density at radius 3 is 2.48 bits per heavy atom. The minimum Gasteiger partial charge on any atom is -0.491 e. The van der Waals surface area contributed by atoms with Crippen LogP contribution in [-0.4, -0.2) is 29.0 Å². The van der Waals surface area contributed by atoms with Gasteiger partial charge in [0.1, 0.15) is 17.3 Å². The van der Waals surface area contributed by atoms with Gasteiger partial charge in [-0.3, -0.25) is 0 Å². The van der Waals surface area contributed by atoms with Gasteiger partial charge < -0.3 is 20.7 Å². The predicted octanol–water partition coefficient (Wildman–Crippen LogP) is 7.51. The van der Waals surface area contributed by atoms with Crippen molar-refractivity contribution in [3.05, 3.63) is 88.4 Å². The number of urea groups is 1. The van der Waals surface area contributed by atoms with Gasteiger partial charge in [-0.2, -0.15) is 5.10 Å². The Morgan fingerprint density at radius 2 is 1.81 bits per heavy atom. The number of primary amides is 1. The van der Waals surface area contributed by atoms with Gasteiger partial charge in [-0.15, -0.1) is 0 Å². The number of carbonyl (C=O) groups is 1. The Morgan fingerprint density at radius 1 is 1.07 bits per heavy atom. The molecule has 2 amide bonds. The number of nitrogens with two attached hydrogens (primary N) is 1. The van der Waals surface area contributed by atoms with Crippen LogP contribution in [0, 0.1) is 25.6 Å². The van der Waals surface area contributed by atoms with Crippen LogP contribution >= 0.6 is 0 Å². The summed E-state index contributed by atoms with van der Waals surface area (Å²) in [5.41, 5.74) is 14.7. The number of amides is 2. The zero-order valence-corrected chi connectivity index (χ0v) is 25.3. The summed E-state index contributed by atoms with van der Waals surface area (Å²) in [6, 6.07) is 16.8. The number of para-hydroxylation sites is 1. The van der Waals surface area contributed by atoms with E-state index in [9.17, 15) is 9.18 Å². The van der Waals surface area contributed by atoms with Crippen LogP contribution in [0.2, 0.25) is 0 Å². The molecule has 7 nitrogen and oxygen atoms in total. The average Bonchev–Trinajstić information content (AvgIpc) is 3.30. The molecule has 0 radical (unpaired) electrons. The summed E-state index contributed by atoms with van der Waals surface area (Å²) in [4.78, 5) is 13.8. The fraction of sp³-hybridized carbons (Fsp3) is 0.353. The van der Waals surface area contributed by atoms with E-state index in [1.165, 1.54) is 0 Å². The van der Waals surface area contributed by atoms with Gasteiger partial charge in [0.15, 0.2) is 0 Å². The molecule has 0 saturated carbocycles. The quantitative estimate of drug-likeness (QED) is 0.230. The highest BCUT2D eigenvalue weighted by Crippen LogP contribution is 2.39. The minimum atomic E-state index is -0.608. The number of fused-ring (bicyclic) bond motifs is 1. The molecule has 0 atom stereocenters. The number of benzene rings is 3. The summed E-state index contributed by atoms with van der Waals surface area (Å²) in [6.07, 6.45) is 0.749. The van der Waals surface area contributed by atoms with Gasteiger partial charge in [0, 0.05) is 42.0 Å². The maximum Gasteiger partial charge on any atom is 0.316 e. The second-order valence-electron chi connectivity index (χ2n) is 11.9. The predicted molar refractivity (Wildman–Crippen MR) is 167 cm³/mol. The lowest BCUT2D eigenvalue weighted by atomic mass is 9.96. The molecular formula is C34H40FN5O2. The van der Waals surface area contributed by atoms with Crippen LogP contribution in [0.4, 0.5) is 20.6 Å². The van der Waals surface area contributed by atoms with Crippen LogP contribution < -0.4 is 20.7 Å². The molecule has 0 spiro atoms. The van der Waals surface area contributed by atoms with E-state index < -0.39 is 6.03 Å². The molecule has 0 aliphatic carbocycles. The lowest BCUT2D eigenvalue weighted by Gasteiger charge is -2.31. The highest BCUT2D eigenvalue weighted by atomic mass is 19.1. The molecule has 5 rings (SSSR count).